The number of nitrogens with zero attached hydrogens (tertiary/aromatic N) is 2. The van der Waals surface area contributed by atoms with E-state index in [4.69, 9.17) is 4.74 Å². The molecule has 0 aromatic heterocycles. The summed E-state index contributed by atoms with van der Waals surface area (Å²) in [5, 5.41) is 3.71. The van der Waals surface area contributed by atoms with Gasteiger partial charge in [0.05, 0.1) is 6.10 Å². The highest BCUT2D eigenvalue weighted by Crippen LogP contribution is 2.52. The smallest absolute Gasteiger partial charge is 0.193 e. The van der Waals surface area contributed by atoms with Crippen LogP contribution < -0.4 is 5.32 Å². The number of fused-ring (bicyclic) bond motifs is 1. The van der Waals surface area contributed by atoms with Gasteiger partial charge in [-0.25, -0.2) is 0 Å². The van der Waals surface area contributed by atoms with Crippen molar-refractivity contribution in [1.82, 2.24) is 10.2 Å². The molecule has 21 heavy (non-hydrogen) atoms. The molecule has 2 fully saturated rings. The van der Waals surface area contributed by atoms with Gasteiger partial charge >= 0.3 is 0 Å². The predicted molar refractivity (Wildman–Crippen MR) is 88.6 cm³/mol. The van der Waals surface area contributed by atoms with Crippen LogP contribution in [0.4, 0.5) is 0 Å². The Balaban J connectivity index is 1.96. The number of guanidine groups is 1. The van der Waals surface area contributed by atoms with Crippen molar-refractivity contribution in [2.75, 3.05) is 26.7 Å². The van der Waals surface area contributed by atoms with E-state index < -0.39 is 0 Å². The largest absolute Gasteiger partial charge is 0.377 e. The molecule has 4 heteroatoms. The zero-order chi connectivity index (χ0) is 15.5. The molecule has 0 aromatic rings. The number of hydrogen-bond acceptors (Lipinski definition) is 2. The molecule has 0 spiro atoms. The fourth-order valence-corrected chi connectivity index (χ4v) is 3.76. The Morgan fingerprint density at radius 2 is 2.29 bits per heavy atom. The molecule has 0 bridgehead atoms. The van der Waals surface area contributed by atoms with Crippen molar-refractivity contribution in [2.45, 2.75) is 52.2 Å². The predicted octanol–water partition coefficient (Wildman–Crippen LogP) is 2.66. The van der Waals surface area contributed by atoms with Gasteiger partial charge in [0, 0.05) is 44.1 Å². The second-order valence-electron chi connectivity index (χ2n) is 6.84. The normalized spacial score (nSPS) is 30.5. The Morgan fingerprint density at radius 1 is 1.52 bits per heavy atom. The summed E-state index contributed by atoms with van der Waals surface area (Å²) in [5.74, 6) is 1.67. The average Bonchev–Trinajstić information content (AvgIpc) is 2.90. The number of ether oxygens (including phenoxy) is 1. The highest BCUT2D eigenvalue weighted by atomic mass is 16.5. The molecule has 3 unspecified atom stereocenters. The number of nitrogens with one attached hydrogen (secondary N) is 1. The summed E-state index contributed by atoms with van der Waals surface area (Å²) in [4.78, 5) is 6.91. The van der Waals surface area contributed by atoms with Crippen molar-refractivity contribution in [2.24, 2.45) is 16.3 Å². The molecule has 1 heterocycles. The fourth-order valence-electron chi connectivity index (χ4n) is 3.76. The molecule has 3 atom stereocenters. The van der Waals surface area contributed by atoms with Gasteiger partial charge in [0.2, 0.25) is 0 Å². The van der Waals surface area contributed by atoms with Crippen LogP contribution in [0.2, 0.25) is 0 Å². The zero-order valence-electron chi connectivity index (χ0n) is 14.1. The lowest BCUT2D eigenvalue weighted by Crippen LogP contribution is -2.68. The van der Waals surface area contributed by atoms with Crippen LogP contribution in [0.3, 0.4) is 0 Å². The number of allylic oxidation sites excluding steroid dienone is 1. The van der Waals surface area contributed by atoms with Crippen LogP contribution in [0.5, 0.6) is 0 Å². The summed E-state index contributed by atoms with van der Waals surface area (Å²) in [6.45, 7) is 13.2. The monoisotopic (exact) mass is 293 g/mol. The highest BCUT2D eigenvalue weighted by Gasteiger charge is 2.59. The van der Waals surface area contributed by atoms with E-state index in [9.17, 15) is 0 Å². The summed E-state index contributed by atoms with van der Waals surface area (Å²) in [7, 11) is 2.12. The van der Waals surface area contributed by atoms with E-state index in [1.165, 1.54) is 6.42 Å². The number of unbranched alkanes of at least 4 members (excludes halogenated alkanes) is 1. The molecule has 4 nitrogen and oxygen atoms in total. The van der Waals surface area contributed by atoms with Crippen LogP contribution in [0.15, 0.2) is 17.6 Å². The maximum absolute atomic E-state index is 5.87. The standard InChI is InChI=1S/C17H31N3O/c1-6-8-9-11-20(5)16(18-7-2)19-14-13-10-12-21-15(13)17(14,3)4/h6,13-15H,1,7-12H2,2-5H3,(H,18,19). The lowest BCUT2D eigenvalue weighted by atomic mass is 9.57. The average molecular weight is 293 g/mol. The lowest BCUT2D eigenvalue weighted by molar-refractivity contribution is -0.107. The second-order valence-corrected chi connectivity index (χ2v) is 6.84. The van der Waals surface area contributed by atoms with Crippen molar-refractivity contribution < 1.29 is 4.74 Å². The van der Waals surface area contributed by atoms with Crippen LogP contribution in [0, 0.1) is 11.3 Å². The molecule has 0 aromatic carbocycles. The second kappa shape index (κ2) is 6.82. The number of hydrogen-bond donors (Lipinski definition) is 1. The molecule has 1 aliphatic heterocycles. The molecular weight excluding hydrogens is 262 g/mol. The third-order valence-corrected chi connectivity index (χ3v) is 4.96. The van der Waals surface area contributed by atoms with Crippen LogP contribution in [0.25, 0.3) is 0 Å². The molecule has 1 saturated carbocycles. The molecule has 2 aliphatic rings. The van der Waals surface area contributed by atoms with Gasteiger partial charge in [-0.3, -0.25) is 4.99 Å². The topological polar surface area (TPSA) is 36.9 Å². The van der Waals surface area contributed by atoms with Gasteiger partial charge < -0.3 is 15.0 Å². The number of rotatable bonds is 6. The van der Waals surface area contributed by atoms with Crippen LogP contribution in [-0.4, -0.2) is 49.7 Å². The molecule has 1 aliphatic carbocycles. The van der Waals surface area contributed by atoms with E-state index in [1.807, 2.05) is 6.08 Å². The first kappa shape index (κ1) is 16.3. The van der Waals surface area contributed by atoms with Crippen molar-refractivity contribution in [3.05, 3.63) is 12.7 Å². The van der Waals surface area contributed by atoms with Gasteiger partial charge in [-0.05, 0) is 26.2 Å². The molecule has 1 N–H and O–H groups in total. The van der Waals surface area contributed by atoms with E-state index in [2.05, 4.69) is 49.6 Å². The van der Waals surface area contributed by atoms with Crippen LogP contribution >= 0.6 is 0 Å². The molecule has 120 valence electrons. The third kappa shape index (κ3) is 3.25. The maximum atomic E-state index is 5.87. The van der Waals surface area contributed by atoms with Crippen molar-refractivity contribution >= 4 is 5.96 Å². The van der Waals surface area contributed by atoms with Gasteiger partial charge in [-0.15, -0.1) is 6.58 Å². The van der Waals surface area contributed by atoms with Crippen molar-refractivity contribution in [3.63, 3.8) is 0 Å². The molecule has 2 rings (SSSR count). The van der Waals surface area contributed by atoms with E-state index in [0.717, 1.165) is 38.5 Å². The third-order valence-electron chi connectivity index (χ3n) is 4.96. The van der Waals surface area contributed by atoms with Gasteiger partial charge in [0.25, 0.3) is 0 Å². The van der Waals surface area contributed by atoms with E-state index in [0.29, 0.717) is 18.1 Å². The van der Waals surface area contributed by atoms with Gasteiger partial charge in [-0.1, -0.05) is 19.9 Å². The summed E-state index contributed by atoms with van der Waals surface area (Å²) < 4.78 is 5.87. The van der Waals surface area contributed by atoms with Crippen LogP contribution in [0.1, 0.15) is 40.0 Å². The quantitative estimate of drug-likeness (QED) is 0.354. The molecule has 0 radical (unpaired) electrons. The van der Waals surface area contributed by atoms with E-state index >= 15 is 0 Å². The molecule has 1 saturated heterocycles. The highest BCUT2D eigenvalue weighted by molar-refractivity contribution is 5.80. The first-order valence-electron chi connectivity index (χ1n) is 8.27. The minimum atomic E-state index is 0.192. The Labute approximate surface area is 129 Å². The van der Waals surface area contributed by atoms with Gasteiger partial charge in [-0.2, -0.15) is 0 Å². The Kier molecular flexibility index (Phi) is 5.31. The summed E-state index contributed by atoms with van der Waals surface area (Å²) in [5.41, 5.74) is 0.192. The van der Waals surface area contributed by atoms with Gasteiger partial charge in [0.15, 0.2) is 5.96 Å². The minimum absolute atomic E-state index is 0.192. The van der Waals surface area contributed by atoms with Gasteiger partial charge in [0.1, 0.15) is 0 Å². The Bertz CT molecular complexity index is 391. The zero-order valence-corrected chi connectivity index (χ0v) is 14.1. The van der Waals surface area contributed by atoms with E-state index in [1.54, 1.807) is 0 Å². The maximum Gasteiger partial charge on any atom is 0.193 e. The van der Waals surface area contributed by atoms with Crippen molar-refractivity contribution in [1.29, 1.82) is 0 Å². The fraction of sp³-hybridized carbons (Fsp3) is 0.824. The van der Waals surface area contributed by atoms with Crippen LogP contribution in [-0.2, 0) is 4.74 Å². The molecular formula is C17H31N3O. The summed E-state index contributed by atoms with van der Waals surface area (Å²) >= 11 is 0. The minimum Gasteiger partial charge on any atom is -0.377 e. The Morgan fingerprint density at radius 3 is 2.95 bits per heavy atom. The SMILES string of the molecule is C=CCCCN(C)C(=NCC)NC1C2CCOC2C1(C)C. The first-order chi connectivity index (χ1) is 10.0. The summed E-state index contributed by atoms with van der Waals surface area (Å²) in [6, 6.07) is 0.470. The summed E-state index contributed by atoms with van der Waals surface area (Å²) in [6.07, 6.45) is 5.74. The Hall–Kier alpha value is -1.03. The molecule has 0 amide bonds. The lowest BCUT2D eigenvalue weighted by Gasteiger charge is -2.55. The van der Waals surface area contributed by atoms with Crippen molar-refractivity contribution in [3.8, 4) is 0 Å². The number of aliphatic imine (C=N–C) groups is 1. The van der Waals surface area contributed by atoms with E-state index in [-0.39, 0.29) is 5.41 Å². The first-order valence-corrected chi connectivity index (χ1v) is 8.27.